The Morgan fingerprint density at radius 1 is 1.21 bits per heavy atom. The molecular weight excluding hydrogens is 405 g/mol. The molecule has 11 heteroatoms. The molecule has 0 atom stereocenters. The largest absolute Gasteiger partial charge is 0.314 e. The van der Waals surface area contributed by atoms with E-state index in [2.05, 4.69) is 9.39 Å². The van der Waals surface area contributed by atoms with Gasteiger partial charge in [0.25, 0.3) is 5.91 Å². The summed E-state index contributed by atoms with van der Waals surface area (Å²) in [6, 6.07) is 9.44. The molecule has 0 unspecified atom stereocenters. The number of nitrogens with zero attached hydrogens (tertiary/aromatic N) is 4. The van der Waals surface area contributed by atoms with Crippen molar-refractivity contribution in [3.8, 4) is 5.69 Å². The van der Waals surface area contributed by atoms with E-state index in [-0.39, 0.29) is 27.4 Å². The summed E-state index contributed by atoms with van der Waals surface area (Å²) in [7, 11) is -3.73. The topological polar surface area (TPSA) is 108 Å². The molecule has 8 nitrogen and oxygen atoms in total. The molecular formula is C17H12FN5O3S2. The van der Waals surface area contributed by atoms with Crippen LogP contribution in [0, 0.1) is 11.2 Å². The number of benzene rings is 1. The van der Waals surface area contributed by atoms with E-state index < -0.39 is 21.6 Å². The quantitative estimate of drug-likeness (QED) is 0.596. The molecule has 3 heterocycles. The molecule has 2 aliphatic rings. The van der Waals surface area contributed by atoms with Gasteiger partial charge >= 0.3 is 0 Å². The summed E-state index contributed by atoms with van der Waals surface area (Å²) in [5.74, 6) is -1.51. The summed E-state index contributed by atoms with van der Waals surface area (Å²) in [4.78, 5) is 17.3. The molecule has 1 N–H and O–H groups in total. The summed E-state index contributed by atoms with van der Waals surface area (Å²) in [5, 5.41) is 8.00. The first kappa shape index (κ1) is 18.3. The van der Waals surface area contributed by atoms with E-state index in [1.165, 1.54) is 16.7 Å². The molecule has 1 aromatic heterocycles. The average Bonchev–Trinajstić information content (AvgIpc) is 3.25. The number of hydrogen-bond acceptors (Lipinski definition) is 6. The van der Waals surface area contributed by atoms with Gasteiger partial charge in [-0.1, -0.05) is 12.1 Å². The fourth-order valence-electron chi connectivity index (χ4n) is 2.76. The Bertz CT molecular complexity index is 1230. The number of nitrogens with one attached hydrogen (secondary N) is 1. The van der Waals surface area contributed by atoms with Gasteiger partial charge in [-0.3, -0.25) is 10.2 Å². The van der Waals surface area contributed by atoms with Gasteiger partial charge in [0.15, 0.2) is 0 Å². The lowest BCUT2D eigenvalue weighted by atomic mass is 10.1. The molecule has 0 aliphatic carbocycles. The van der Waals surface area contributed by atoms with Crippen LogP contribution in [0.5, 0.6) is 0 Å². The minimum Gasteiger partial charge on any atom is -0.314 e. The van der Waals surface area contributed by atoms with Gasteiger partial charge < -0.3 is 4.57 Å². The highest BCUT2D eigenvalue weighted by atomic mass is 32.2. The molecule has 1 aromatic carbocycles. The number of aliphatic imine (C=N–C) groups is 1. The Hall–Kier alpha value is -3.05. The van der Waals surface area contributed by atoms with Gasteiger partial charge in [-0.05, 0) is 30.3 Å². The summed E-state index contributed by atoms with van der Waals surface area (Å²) >= 11 is 0.722. The lowest BCUT2D eigenvalue weighted by Gasteiger charge is -2.23. The first-order chi connectivity index (χ1) is 13.3. The third-order valence-corrected chi connectivity index (χ3v) is 5.76. The highest BCUT2D eigenvalue weighted by Crippen LogP contribution is 2.30. The molecule has 1 amide bonds. The number of carbonyl (C=O) groups is 1. The van der Waals surface area contributed by atoms with Crippen LogP contribution in [0.25, 0.3) is 11.8 Å². The van der Waals surface area contributed by atoms with Crippen LogP contribution in [0.1, 0.15) is 5.69 Å². The van der Waals surface area contributed by atoms with Gasteiger partial charge in [0.1, 0.15) is 11.7 Å². The molecule has 0 bridgehead atoms. The Morgan fingerprint density at radius 3 is 2.68 bits per heavy atom. The smallest absolute Gasteiger partial charge is 0.283 e. The number of aromatic nitrogens is 1. The number of halogens is 1. The number of amidine groups is 3. The molecule has 0 fully saturated rings. The van der Waals surface area contributed by atoms with Crippen LogP contribution in [0.3, 0.4) is 0 Å². The van der Waals surface area contributed by atoms with Crippen molar-refractivity contribution in [3.05, 3.63) is 59.7 Å². The maximum atomic E-state index is 14.2. The van der Waals surface area contributed by atoms with E-state index in [1.807, 2.05) is 0 Å². The second kappa shape index (κ2) is 6.53. The third kappa shape index (κ3) is 2.98. The number of hydrogen-bond donors (Lipinski definition) is 1. The van der Waals surface area contributed by atoms with E-state index >= 15 is 0 Å². The summed E-state index contributed by atoms with van der Waals surface area (Å²) in [6.45, 7) is 0. The van der Waals surface area contributed by atoms with Crippen molar-refractivity contribution in [2.24, 2.45) is 9.39 Å². The SMILES string of the molecule is CS(=O)(=O)C1=NSC2=NC(=O)/C(=C\c3cccn3-c3ccccc3F)C(=N)N21. The van der Waals surface area contributed by atoms with Crippen molar-refractivity contribution in [3.63, 3.8) is 0 Å². The van der Waals surface area contributed by atoms with E-state index in [1.54, 1.807) is 36.5 Å². The maximum Gasteiger partial charge on any atom is 0.283 e. The summed E-state index contributed by atoms with van der Waals surface area (Å²) in [5.41, 5.74) is 0.578. The standard InChI is InChI=1S/C17H12FN5O3S2/c1-28(25,26)17-21-27-16-20-15(24)11(14(19)23(16)17)9-10-5-4-8-22(10)13-7-3-2-6-12(13)18/h2-9,19H,1H3/b11-9-,19-14?. The number of para-hydroxylation sites is 1. The predicted molar refractivity (Wildman–Crippen MR) is 106 cm³/mol. The number of rotatable bonds is 2. The summed E-state index contributed by atoms with van der Waals surface area (Å²) < 4.78 is 43.3. The van der Waals surface area contributed by atoms with Gasteiger partial charge in [-0.15, -0.1) is 0 Å². The van der Waals surface area contributed by atoms with E-state index in [9.17, 15) is 17.6 Å². The lowest BCUT2D eigenvalue weighted by molar-refractivity contribution is -0.114. The molecule has 0 saturated heterocycles. The molecule has 2 aromatic rings. The van der Waals surface area contributed by atoms with Crippen LogP contribution in [0.4, 0.5) is 4.39 Å². The first-order valence-corrected chi connectivity index (χ1v) is 10.5. The zero-order chi connectivity index (χ0) is 20.1. The fraction of sp³-hybridized carbons (Fsp3) is 0.0588. The van der Waals surface area contributed by atoms with Gasteiger partial charge in [-0.2, -0.15) is 9.39 Å². The zero-order valence-electron chi connectivity index (χ0n) is 14.3. The minimum absolute atomic E-state index is 0.0112. The van der Waals surface area contributed by atoms with E-state index in [0.717, 1.165) is 23.1 Å². The lowest BCUT2D eigenvalue weighted by Crippen LogP contribution is -2.45. The molecule has 28 heavy (non-hydrogen) atoms. The fourth-order valence-corrected chi connectivity index (χ4v) is 4.61. The van der Waals surface area contributed by atoms with E-state index in [0.29, 0.717) is 5.69 Å². The highest BCUT2D eigenvalue weighted by molar-refractivity contribution is 8.16. The minimum atomic E-state index is -3.73. The number of fused-ring (bicyclic) bond motifs is 1. The molecule has 0 radical (unpaired) electrons. The Kier molecular flexibility index (Phi) is 4.27. The normalized spacial score (nSPS) is 18.4. The monoisotopic (exact) mass is 417 g/mol. The van der Waals surface area contributed by atoms with Crippen LogP contribution in [-0.2, 0) is 14.6 Å². The van der Waals surface area contributed by atoms with Crippen LogP contribution in [0.2, 0.25) is 0 Å². The highest BCUT2D eigenvalue weighted by Gasteiger charge is 2.41. The number of sulfone groups is 1. The van der Waals surface area contributed by atoms with Crippen molar-refractivity contribution in [1.29, 1.82) is 5.41 Å². The number of carbonyl (C=O) groups excluding carboxylic acids is 1. The van der Waals surface area contributed by atoms with Crippen molar-refractivity contribution < 1.29 is 17.6 Å². The average molecular weight is 417 g/mol. The van der Waals surface area contributed by atoms with Crippen molar-refractivity contribution in [1.82, 2.24) is 9.47 Å². The second-order valence-corrected chi connectivity index (χ2v) is 8.57. The summed E-state index contributed by atoms with van der Waals surface area (Å²) in [6.07, 6.45) is 3.96. The Labute approximate surface area is 163 Å². The van der Waals surface area contributed by atoms with Crippen molar-refractivity contribution in [2.45, 2.75) is 0 Å². The van der Waals surface area contributed by atoms with Crippen LogP contribution >= 0.6 is 11.9 Å². The molecule has 2 aliphatic heterocycles. The zero-order valence-corrected chi connectivity index (χ0v) is 16.0. The number of amides is 1. The van der Waals surface area contributed by atoms with Crippen LogP contribution in [-0.4, -0.2) is 46.2 Å². The second-order valence-electron chi connectivity index (χ2n) is 5.93. The van der Waals surface area contributed by atoms with Crippen LogP contribution in [0.15, 0.2) is 57.6 Å². The van der Waals surface area contributed by atoms with E-state index in [4.69, 9.17) is 5.41 Å². The van der Waals surface area contributed by atoms with Crippen molar-refractivity contribution >= 4 is 49.9 Å². The van der Waals surface area contributed by atoms with Gasteiger partial charge in [0, 0.05) is 18.1 Å². The van der Waals surface area contributed by atoms with Gasteiger partial charge in [0.05, 0.1) is 23.2 Å². The van der Waals surface area contributed by atoms with Crippen LogP contribution < -0.4 is 0 Å². The molecule has 4 rings (SSSR count). The van der Waals surface area contributed by atoms with Gasteiger partial charge in [-0.25, -0.2) is 17.7 Å². The first-order valence-electron chi connectivity index (χ1n) is 7.88. The maximum absolute atomic E-state index is 14.2. The van der Waals surface area contributed by atoms with Crippen molar-refractivity contribution in [2.75, 3.05) is 6.26 Å². The Balaban J connectivity index is 1.80. The third-order valence-electron chi connectivity index (χ3n) is 4.01. The molecule has 0 spiro atoms. The molecule has 142 valence electrons. The Morgan fingerprint density at radius 2 is 1.96 bits per heavy atom. The van der Waals surface area contributed by atoms with Gasteiger partial charge in [0.2, 0.25) is 20.2 Å². The predicted octanol–water partition coefficient (Wildman–Crippen LogP) is 2.24. The molecule has 0 saturated carbocycles.